The Balaban J connectivity index is 1.69. The highest BCUT2D eigenvalue weighted by Crippen LogP contribution is 2.43. The van der Waals surface area contributed by atoms with Gasteiger partial charge in [-0.25, -0.2) is 0 Å². The van der Waals surface area contributed by atoms with Gasteiger partial charge in [-0.1, -0.05) is 0 Å². The molecule has 0 spiro atoms. The topological polar surface area (TPSA) is 55.0 Å². The van der Waals surface area contributed by atoms with E-state index in [0.29, 0.717) is 0 Å². The summed E-state index contributed by atoms with van der Waals surface area (Å²) in [7, 11) is 0. The molecule has 4 heteroatoms. The predicted octanol–water partition coefficient (Wildman–Crippen LogP) is 0.404. The number of nitrogens with zero attached hydrogens (tertiary/aromatic N) is 3. The van der Waals surface area contributed by atoms with Crippen LogP contribution >= 0.6 is 0 Å². The predicted molar refractivity (Wildman–Crippen MR) is 53.9 cm³/mol. The Morgan fingerprint density at radius 2 is 2.21 bits per heavy atom. The Hall–Kier alpha value is -1.16. The summed E-state index contributed by atoms with van der Waals surface area (Å²) in [5.74, 6) is 1.71. The number of anilines is 1. The zero-order chi connectivity index (χ0) is 9.60. The van der Waals surface area contributed by atoms with Gasteiger partial charge in [0.05, 0.1) is 5.54 Å². The van der Waals surface area contributed by atoms with E-state index in [1.807, 2.05) is 12.1 Å². The molecule has 0 bridgehead atoms. The van der Waals surface area contributed by atoms with E-state index in [4.69, 9.17) is 5.73 Å². The number of rotatable bonds is 2. The van der Waals surface area contributed by atoms with Gasteiger partial charge in [0.15, 0.2) is 5.82 Å². The molecule has 14 heavy (non-hydrogen) atoms. The summed E-state index contributed by atoms with van der Waals surface area (Å²) in [4.78, 5) is 2.20. The Morgan fingerprint density at radius 3 is 2.79 bits per heavy atom. The van der Waals surface area contributed by atoms with Crippen molar-refractivity contribution in [1.82, 2.24) is 10.2 Å². The van der Waals surface area contributed by atoms with Crippen LogP contribution in [0.3, 0.4) is 0 Å². The van der Waals surface area contributed by atoms with Gasteiger partial charge in [0.25, 0.3) is 0 Å². The largest absolute Gasteiger partial charge is 0.351 e. The smallest absolute Gasteiger partial charge is 0.151 e. The lowest BCUT2D eigenvalue weighted by molar-refractivity contribution is 0.288. The van der Waals surface area contributed by atoms with E-state index in [2.05, 4.69) is 15.1 Å². The van der Waals surface area contributed by atoms with Gasteiger partial charge in [0, 0.05) is 19.3 Å². The standard InChI is InChI=1S/C10H14N4/c11-10(8-3-4-8)6-14(7-10)9-2-1-5-12-13-9/h1-2,5,8H,3-4,6-7,11H2. The number of nitrogens with two attached hydrogens (primary N) is 1. The van der Waals surface area contributed by atoms with Gasteiger partial charge in [-0.2, -0.15) is 5.10 Å². The highest BCUT2D eigenvalue weighted by Gasteiger charge is 2.50. The molecule has 74 valence electrons. The second kappa shape index (κ2) is 2.67. The zero-order valence-electron chi connectivity index (χ0n) is 8.06. The van der Waals surface area contributed by atoms with Crippen LogP contribution in [0.4, 0.5) is 5.82 Å². The average Bonchev–Trinajstić information content (AvgIpc) is 2.98. The highest BCUT2D eigenvalue weighted by molar-refractivity contribution is 5.43. The SMILES string of the molecule is NC1(C2CC2)CN(c2cccnn2)C1. The molecule has 1 aliphatic carbocycles. The minimum Gasteiger partial charge on any atom is -0.351 e. The quantitative estimate of drug-likeness (QED) is 0.733. The van der Waals surface area contributed by atoms with Gasteiger partial charge >= 0.3 is 0 Å². The Morgan fingerprint density at radius 1 is 1.43 bits per heavy atom. The summed E-state index contributed by atoms with van der Waals surface area (Å²) in [6.07, 6.45) is 4.31. The lowest BCUT2D eigenvalue weighted by atomic mass is 9.86. The molecule has 0 aromatic carbocycles. The second-order valence-electron chi connectivity index (χ2n) is 4.45. The lowest BCUT2D eigenvalue weighted by Gasteiger charge is -2.48. The summed E-state index contributed by atoms with van der Waals surface area (Å²) in [5.41, 5.74) is 6.31. The fraction of sp³-hybridized carbons (Fsp3) is 0.600. The third-order valence-electron chi connectivity index (χ3n) is 3.24. The number of hydrogen-bond acceptors (Lipinski definition) is 4. The lowest BCUT2D eigenvalue weighted by Crippen LogP contribution is -2.69. The molecule has 0 radical (unpaired) electrons. The molecule has 1 saturated heterocycles. The molecule has 2 aliphatic rings. The van der Waals surface area contributed by atoms with Crippen molar-refractivity contribution in [3.63, 3.8) is 0 Å². The first-order valence-corrected chi connectivity index (χ1v) is 5.09. The van der Waals surface area contributed by atoms with Gasteiger partial charge < -0.3 is 10.6 Å². The normalized spacial score (nSPS) is 24.5. The summed E-state index contributed by atoms with van der Waals surface area (Å²) < 4.78 is 0. The first kappa shape index (κ1) is 8.17. The van der Waals surface area contributed by atoms with E-state index >= 15 is 0 Å². The first-order chi connectivity index (χ1) is 6.78. The van der Waals surface area contributed by atoms with Gasteiger partial charge in [0.2, 0.25) is 0 Å². The molecule has 1 aromatic heterocycles. The van der Waals surface area contributed by atoms with Crippen LogP contribution in [0.1, 0.15) is 12.8 Å². The third kappa shape index (κ3) is 1.18. The minimum atomic E-state index is 0.0670. The molecule has 3 rings (SSSR count). The van der Waals surface area contributed by atoms with E-state index in [1.165, 1.54) is 12.8 Å². The van der Waals surface area contributed by atoms with Crippen molar-refractivity contribution in [3.05, 3.63) is 18.3 Å². The third-order valence-corrected chi connectivity index (χ3v) is 3.24. The molecule has 2 heterocycles. The summed E-state index contributed by atoms with van der Waals surface area (Å²) in [5, 5.41) is 7.93. The Bertz CT molecular complexity index is 327. The number of aromatic nitrogens is 2. The van der Waals surface area contributed by atoms with Gasteiger partial charge in [-0.3, -0.25) is 0 Å². The first-order valence-electron chi connectivity index (χ1n) is 5.09. The maximum absolute atomic E-state index is 6.25. The van der Waals surface area contributed by atoms with E-state index in [0.717, 1.165) is 24.8 Å². The van der Waals surface area contributed by atoms with Crippen molar-refractivity contribution >= 4 is 5.82 Å². The second-order valence-corrected chi connectivity index (χ2v) is 4.45. The summed E-state index contributed by atoms with van der Waals surface area (Å²) >= 11 is 0. The van der Waals surface area contributed by atoms with Crippen LogP contribution in [0.15, 0.2) is 18.3 Å². The summed E-state index contributed by atoms with van der Waals surface area (Å²) in [6, 6.07) is 3.90. The van der Waals surface area contributed by atoms with Crippen LogP contribution < -0.4 is 10.6 Å². The Kier molecular flexibility index (Phi) is 1.56. The van der Waals surface area contributed by atoms with Crippen molar-refractivity contribution in [2.24, 2.45) is 11.7 Å². The van der Waals surface area contributed by atoms with Crippen LogP contribution in [0.25, 0.3) is 0 Å². The van der Waals surface area contributed by atoms with Crippen LogP contribution in [0, 0.1) is 5.92 Å². The maximum atomic E-state index is 6.25. The van der Waals surface area contributed by atoms with E-state index in [9.17, 15) is 0 Å². The van der Waals surface area contributed by atoms with Crippen LogP contribution in [0.2, 0.25) is 0 Å². The summed E-state index contributed by atoms with van der Waals surface area (Å²) in [6.45, 7) is 1.88. The highest BCUT2D eigenvalue weighted by atomic mass is 15.3. The molecule has 0 amide bonds. The fourth-order valence-electron chi connectivity index (χ4n) is 2.20. The van der Waals surface area contributed by atoms with E-state index in [-0.39, 0.29) is 5.54 Å². The molecular weight excluding hydrogens is 176 g/mol. The average molecular weight is 190 g/mol. The molecule has 1 saturated carbocycles. The van der Waals surface area contributed by atoms with Crippen LogP contribution in [-0.4, -0.2) is 28.8 Å². The molecular formula is C10H14N4. The van der Waals surface area contributed by atoms with Crippen molar-refractivity contribution in [2.45, 2.75) is 18.4 Å². The molecule has 0 unspecified atom stereocenters. The van der Waals surface area contributed by atoms with Crippen LogP contribution in [0.5, 0.6) is 0 Å². The maximum Gasteiger partial charge on any atom is 0.151 e. The minimum absolute atomic E-state index is 0.0670. The van der Waals surface area contributed by atoms with E-state index in [1.54, 1.807) is 6.20 Å². The molecule has 1 aliphatic heterocycles. The Labute approximate surface area is 83.1 Å². The van der Waals surface area contributed by atoms with Crippen molar-refractivity contribution in [3.8, 4) is 0 Å². The zero-order valence-corrected chi connectivity index (χ0v) is 8.06. The molecule has 0 atom stereocenters. The van der Waals surface area contributed by atoms with Crippen molar-refractivity contribution < 1.29 is 0 Å². The van der Waals surface area contributed by atoms with E-state index < -0.39 is 0 Å². The van der Waals surface area contributed by atoms with Crippen LogP contribution in [-0.2, 0) is 0 Å². The van der Waals surface area contributed by atoms with Gasteiger partial charge in [-0.15, -0.1) is 5.10 Å². The fourth-order valence-corrected chi connectivity index (χ4v) is 2.20. The monoisotopic (exact) mass is 190 g/mol. The van der Waals surface area contributed by atoms with Crippen molar-refractivity contribution in [2.75, 3.05) is 18.0 Å². The molecule has 2 fully saturated rings. The van der Waals surface area contributed by atoms with Gasteiger partial charge in [0.1, 0.15) is 0 Å². The number of hydrogen-bond donors (Lipinski definition) is 1. The van der Waals surface area contributed by atoms with Crippen molar-refractivity contribution in [1.29, 1.82) is 0 Å². The van der Waals surface area contributed by atoms with Gasteiger partial charge in [-0.05, 0) is 30.9 Å². The molecule has 1 aromatic rings. The molecule has 2 N–H and O–H groups in total. The molecule has 4 nitrogen and oxygen atoms in total.